The number of likely N-dealkylation sites (tertiary alicyclic amines) is 1. The van der Waals surface area contributed by atoms with Crippen LogP contribution < -0.4 is 0 Å². The largest absolute Gasteiger partial charge is 0.364 e. The number of fused-ring (bicyclic) bond motifs is 1. The topological polar surface area (TPSA) is 88.5 Å². The van der Waals surface area contributed by atoms with Crippen molar-refractivity contribution in [2.75, 3.05) is 19.7 Å². The molecule has 4 rings (SSSR count). The molecule has 2 aliphatic rings. The van der Waals surface area contributed by atoms with Crippen molar-refractivity contribution in [3.63, 3.8) is 0 Å². The Hall–Kier alpha value is -2.87. The van der Waals surface area contributed by atoms with Crippen LogP contribution in [0.25, 0.3) is 0 Å². The van der Waals surface area contributed by atoms with Crippen molar-refractivity contribution in [1.82, 2.24) is 24.8 Å². The van der Waals surface area contributed by atoms with E-state index in [1.807, 2.05) is 12.1 Å². The molecule has 0 bridgehead atoms. The summed E-state index contributed by atoms with van der Waals surface area (Å²) in [5, 5.41) is 0. The highest BCUT2D eigenvalue weighted by Crippen LogP contribution is 2.26. The molecule has 0 saturated carbocycles. The van der Waals surface area contributed by atoms with Crippen molar-refractivity contribution < 1.29 is 14.3 Å². The van der Waals surface area contributed by atoms with Crippen LogP contribution in [0.15, 0.2) is 43.1 Å². The predicted octanol–water partition coefficient (Wildman–Crippen LogP) is 0.124. The second kappa shape index (κ2) is 6.56. The van der Waals surface area contributed by atoms with Crippen LogP contribution in [0.1, 0.15) is 16.1 Å². The number of rotatable bonds is 3. The molecule has 2 fully saturated rings. The molecule has 2 atom stereocenters. The molecule has 2 saturated heterocycles. The van der Waals surface area contributed by atoms with Gasteiger partial charge in [0.25, 0.3) is 5.91 Å². The normalized spacial score (nSPS) is 22.8. The summed E-state index contributed by atoms with van der Waals surface area (Å²) in [7, 11) is 0. The molecule has 2 aromatic heterocycles. The summed E-state index contributed by atoms with van der Waals surface area (Å²) >= 11 is 0. The fourth-order valence-electron chi connectivity index (χ4n) is 3.29. The first-order valence-corrected chi connectivity index (χ1v) is 8.07. The summed E-state index contributed by atoms with van der Waals surface area (Å²) in [5.74, 6) is -0.255. The zero-order valence-corrected chi connectivity index (χ0v) is 13.5. The average Bonchev–Trinajstić information content (AvgIpc) is 3.10. The Morgan fingerprint density at radius 1 is 1.16 bits per heavy atom. The molecule has 25 heavy (non-hydrogen) atoms. The number of carbonyl (C=O) groups excluding carboxylic acids is 2. The molecule has 0 radical (unpaired) electrons. The number of amides is 2. The van der Waals surface area contributed by atoms with Gasteiger partial charge in [-0.25, -0.2) is 4.98 Å². The Morgan fingerprint density at radius 2 is 2.00 bits per heavy atom. The molecule has 8 heteroatoms. The van der Waals surface area contributed by atoms with E-state index in [4.69, 9.17) is 4.74 Å². The highest BCUT2D eigenvalue weighted by molar-refractivity contribution is 5.92. The Labute approximate surface area is 144 Å². The maximum absolute atomic E-state index is 12.6. The SMILES string of the molecule is O=C(c1cnccn1)N1C[C@@H]2OCC(=O)N(Cc3ccncc3)[C@@H]2C1. The highest BCUT2D eigenvalue weighted by atomic mass is 16.5. The molecular formula is C17H17N5O3. The average molecular weight is 339 g/mol. The molecule has 0 spiro atoms. The first-order chi connectivity index (χ1) is 12.2. The van der Waals surface area contributed by atoms with Gasteiger partial charge in [0.05, 0.1) is 18.3 Å². The van der Waals surface area contributed by atoms with Crippen LogP contribution >= 0.6 is 0 Å². The molecule has 128 valence electrons. The minimum atomic E-state index is -0.192. The molecular weight excluding hydrogens is 322 g/mol. The minimum Gasteiger partial charge on any atom is -0.364 e. The van der Waals surface area contributed by atoms with E-state index in [-0.39, 0.29) is 30.6 Å². The van der Waals surface area contributed by atoms with Crippen molar-refractivity contribution in [1.29, 1.82) is 0 Å². The second-order valence-electron chi connectivity index (χ2n) is 6.09. The zero-order valence-electron chi connectivity index (χ0n) is 13.5. The van der Waals surface area contributed by atoms with Gasteiger partial charge in [-0.15, -0.1) is 0 Å². The number of nitrogens with zero attached hydrogens (tertiary/aromatic N) is 5. The lowest BCUT2D eigenvalue weighted by atomic mass is 10.1. The lowest BCUT2D eigenvalue weighted by molar-refractivity contribution is -0.153. The van der Waals surface area contributed by atoms with E-state index in [1.165, 1.54) is 18.6 Å². The Kier molecular flexibility index (Phi) is 4.10. The third kappa shape index (κ3) is 3.08. The fourth-order valence-corrected chi connectivity index (χ4v) is 3.29. The lowest BCUT2D eigenvalue weighted by Gasteiger charge is -2.36. The van der Waals surface area contributed by atoms with Gasteiger partial charge >= 0.3 is 0 Å². The van der Waals surface area contributed by atoms with Gasteiger partial charge in [-0.3, -0.25) is 19.6 Å². The minimum absolute atomic E-state index is 0.0411. The zero-order chi connectivity index (χ0) is 17.2. The van der Waals surface area contributed by atoms with Gasteiger partial charge in [-0.1, -0.05) is 0 Å². The smallest absolute Gasteiger partial charge is 0.274 e. The first-order valence-electron chi connectivity index (χ1n) is 8.07. The van der Waals surface area contributed by atoms with Gasteiger partial charge in [-0.2, -0.15) is 0 Å². The van der Waals surface area contributed by atoms with Crippen LogP contribution in [0, 0.1) is 0 Å². The van der Waals surface area contributed by atoms with Gasteiger partial charge in [0.15, 0.2) is 0 Å². The number of pyridine rings is 1. The highest BCUT2D eigenvalue weighted by Gasteiger charge is 2.44. The Morgan fingerprint density at radius 3 is 2.76 bits per heavy atom. The maximum Gasteiger partial charge on any atom is 0.274 e. The quantitative estimate of drug-likeness (QED) is 0.789. The van der Waals surface area contributed by atoms with Gasteiger partial charge in [0.2, 0.25) is 5.91 Å². The number of hydrogen-bond acceptors (Lipinski definition) is 6. The van der Waals surface area contributed by atoms with Crippen molar-refractivity contribution in [3.05, 3.63) is 54.4 Å². The number of hydrogen-bond donors (Lipinski definition) is 0. The monoisotopic (exact) mass is 339 g/mol. The molecule has 4 heterocycles. The number of aromatic nitrogens is 3. The van der Waals surface area contributed by atoms with Gasteiger partial charge in [-0.05, 0) is 17.7 Å². The first kappa shape index (κ1) is 15.6. The van der Waals surface area contributed by atoms with Crippen molar-refractivity contribution >= 4 is 11.8 Å². The van der Waals surface area contributed by atoms with E-state index in [9.17, 15) is 9.59 Å². The van der Waals surface area contributed by atoms with Gasteiger partial charge in [0.1, 0.15) is 12.3 Å². The van der Waals surface area contributed by atoms with Gasteiger partial charge < -0.3 is 14.5 Å². The molecule has 0 N–H and O–H groups in total. The van der Waals surface area contributed by atoms with Gasteiger partial charge in [0, 0.05) is 44.4 Å². The Balaban J connectivity index is 1.52. The van der Waals surface area contributed by atoms with Crippen LogP contribution in [0.3, 0.4) is 0 Å². The van der Waals surface area contributed by atoms with Crippen LogP contribution in [-0.4, -0.2) is 68.4 Å². The summed E-state index contributed by atoms with van der Waals surface area (Å²) in [4.78, 5) is 40.4. The van der Waals surface area contributed by atoms with Crippen LogP contribution in [0.5, 0.6) is 0 Å². The van der Waals surface area contributed by atoms with Crippen LogP contribution in [0.4, 0.5) is 0 Å². The molecule has 0 unspecified atom stereocenters. The number of ether oxygens (including phenoxy) is 1. The summed E-state index contributed by atoms with van der Waals surface area (Å²) in [6.07, 6.45) is 7.70. The lowest BCUT2D eigenvalue weighted by Crippen LogP contribution is -2.53. The van der Waals surface area contributed by atoms with Crippen molar-refractivity contribution in [2.24, 2.45) is 0 Å². The van der Waals surface area contributed by atoms with E-state index in [0.29, 0.717) is 25.3 Å². The van der Waals surface area contributed by atoms with Crippen molar-refractivity contribution in [3.8, 4) is 0 Å². The summed E-state index contributed by atoms with van der Waals surface area (Å²) < 4.78 is 5.66. The van der Waals surface area contributed by atoms with E-state index < -0.39 is 0 Å². The third-order valence-electron chi connectivity index (χ3n) is 4.55. The van der Waals surface area contributed by atoms with E-state index in [2.05, 4.69) is 15.0 Å². The molecule has 2 aromatic rings. The summed E-state index contributed by atoms with van der Waals surface area (Å²) in [6.45, 7) is 1.40. The maximum atomic E-state index is 12.6. The molecule has 0 aliphatic carbocycles. The van der Waals surface area contributed by atoms with E-state index in [1.54, 1.807) is 22.2 Å². The number of morpholine rings is 1. The predicted molar refractivity (Wildman–Crippen MR) is 86.3 cm³/mol. The molecule has 2 aliphatic heterocycles. The van der Waals surface area contributed by atoms with Crippen LogP contribution in [-0.2, 0) is 16.1 Å². The standard InChI is InChI=1S/C17H17N5O3/c23-16-11-25-15-10-21(17(24)13-7-19-5-6-20-13)9-14(15)22(16)8-12-1-3-18-4-2-12/h1-7,14-15H,8-11H2/t14-,15+/m1/s1. The van der Waals surface area contributed by atoms with E-state index in [0.717, 1.165) is 5.56 Å². The molecule has 8 nitrogen and oxygen atoms in total. The summed E-state index contributed by atoms with van der Waals surface area (Å²) in [6, 6.07) is 3.61. The molecule has 2 amide bonds. The van der Waals surface area contributed by atoms with Crippen LogP contribution in [0.2, 0.25) is 0 Å². The number of carbonyl (C=O) groups is 2. The molecule has 0 aromatic carbocycles. The Bertz CT molecular complexity index is 770. The van der Waals surface area contributed by atoms with E-state index >= 15 is 0 Å². The fraction of sp³-hybridized carbons (Fsp3) is 0.353. The second-order valence-corrected chi connectivity index (χ2v) is 6.09. The van der Waals surface area contributed by atoms with Crippen molar-refractivity contribution in [2.45, 2.75) is 18.7 Å². The third-order valence-corrected chi connectivity index (χ3v) is 4.55. The summed E-state index contributed by atoms with van der Waals surface area (Å²) in [5.41, 5.74) is 1.30.